The molecule has 0 aromatic heterocycles. The number of carbonyl (C=O) groups is 1. The largest absolute Gasteiger partial charge is 0.352 e. The molecule has 3 atom stereocenters. The summed E-state index contributed by atoms with van der Waals surface area (Å²) in [5, 5.41) is 3.06. The summed E-state index contributed by atoms with van der Waals surface area (Å²) < 4.78 is 0. The first kappa shape index (κ1) is 15.4. The van der Waals surface area contributed by atoms with Crippen LogP contribution in [0, 0.1) is 17.8 Å². The molecule has 1 rings (SSSR count). The molecule has 0 spiro atoms. The van der Waals surface area contributed by atoms with Gasteiger partial charge in [0.15, 0.2) is 0 Å². The van der Waals surface area contributed by atoms with Gasteiger partial charge in [0.05, 0.1) is 6.54 Å². The Bertz CT molecular complexity index is 268. The molecule has 1 aliphatic rings. The van der Waals surface area contributed by atoms with Crippen molar-refractivity contribution in [3.05, 3.63) is 0 Å². The predicted octanol–water partition coefficient (Wildman–Crippen LogP) is 1.06. The third-order valence-corrected chi connectivity index (χ3v) is 4.26. The normalized spacial score (nSPS) is 27.2. The van der Waals surface area contributed by atoms with E-state index < -0.39 is 0 Å². The molecule has 0 aromatic rings. The molecule has 0 saturated carbocycles. The van der Waals surface area contributed by atoms with Crippen molar-refractivity contribution in [2.75, 3.05) is 26.2 Å². The van der Waals surface area contributed by atoms with Crippen LogP contribution in [-0.2, 0) is 4.79 Å². The van der Waals surface area contributed by atoms with Crippen molar-refractivity contribution >= 4 is 5.91 Å². The lowest BCUT2D eigenvalue weighted by Gasteiger charge is -2.36. The smallest absolute Gasteiger partial charge is 0.234 e. The minimum atomic E-state index is 0.140. The maximum Gasteiger partial charge on any atom is 0.234 e. The first-order valence-corrected chi connectivity index (χ1v) is 7.15. The molecule has 4 heteroatoms. The molecule has 0 bridgehead atoms. The third-order valence-electron chi connectivity index (χ3n) is 4.26. The topological polar surface area (TPSA) is 58.4 Å². The van der Waals surface area contributed by atoms with Crippen LogP contribution in [0.2, 0.25) is 0 Å². The summed E-state index contributed by atoms with van der Waals surface area (Å²) in [7, 11) is 0. The first-order valence-electron chi connectivity index (χ1n) is 7.15. The fourth-order valence-corrected chi connectivity index (χ4v) is 2.34. The van der Waals surface area contributed by atoms with Gasteiger partial charge in [0.2, 0.25) is 5.91 Å². The number of nitrogens with two attached hydrogens (primary N) is 1. The van der Waals surface area contributed by atoms with Gasteiger partial charge in [-0.15, -0.1) is 0 Å². The van der Waals surface area contributed by atoms with Gasteiger partial charge < -0.3 is 11.1 Å². The number of piperidine rings is 1. The summed E-state index contributed by atoms with van der Waals surface area (Å²) in [6.07, 6.45) is 1.15. The maximum atomic E-state index is 11.9. The Morgan fingerprint density at radius 1 is 1.44 bits per heavy atom. The van der Waals surface area contributed by atoms with E-state index in [4.69, 9.17) is 5.73 Å². The number of nitrogens with one attached hydrogen (secondary N) is 1. The van der Waals surface area contributed by atoms with Gasteiger partial charge in [0.1, 0.15) is 0 Å². The third kappa shape index (κ3) is 4.58. The first-order chi connectivity index (χ1) is 8.43. The lowest BCUT2D eigenvalue weighted by atomic mass is 9.87. The van der Waals surface area contributed by atoms with E-state index in [0.717, 1.165) is 26.1 Å². The molecule has 18 heavy (non-hydrogen) atoms. The molecule has 1 fully saturated rings. The standard InChI is InChI=1S/C14H29N3O/c1-10(2)12(4)16-14(18)9-17-6-5-11(3)13(7-15)8-17/h10-13H,5-9,15H2,1-4H3,(H,16,18). The fourth-order valence-electron chi connectivity index (χ4n) is 2.34. The van der Waals surface area contributed by atoms with Gasteiger partial charge in [0, 0.05) is 12.6 Å². The number of rotatable bonds is 5. The van der Waals surface area contributed by atoms with E-state index in [1.165, 1.54) is 0 Å². The quantitative estimate of drug-likeness (QED) is 0.772. The van der Waals surface area contributed by atoms with Crippen molar-refractivity contribution < 1.29 is 4.79 Å². The highest BCUT2D eigenvalue weighted by molar-refractivity contribution is 5.78. The summed E-state index contributed by atoms with van der Waals surface area (Å²) >= 11 is 0. The van der Waals surface area contributed by atoms with Crippen LogP contribution in [-0.4, -0.2) is 43.0 Å². The fraction of sp³-hybridized carbons (Fsp3) is 0.929. The van der Waals surface area contributed by atoms with E-state index in [1.54, 1.807) is 0 Å². The SMILES string of the molecule is CC(C)C(C)NC(=O)CN1CCC(C)C(CN)C1. The van der Waals surface area contributed by atoms with Crippen LogP contribution in [0.5, 0.6) is 0 Å². The van der Waals surface area contributed by atoms with Crippen molar-refractivity contribution in [2.45, 2.75) is 40.2 Å². The lowest BCUT2D eigenvalue weighted by molar-refractivity contribution is -0.123. The Hall–Kier alpha value is -0.610. The van der Waals surface area contributed by atoms with Gasteiger partial charge in [-0.2, -0.15) is 0 Å². The van der Waals surface area contributed by atoms with Crippen molar-refractivity contribution in [1.82, 2.24) is 10.2 Å². The summed E-state index contributed by atoms with van der Waals surface area (Å²) in [5.41, 5.74) is 5.78. The number of likely N-dealkylation sites (tertiary alicyclic amines) is 1. The summed E-state index contributed by atoms with van der Waals surface area (Å²) in [5.74, 6) is 1.84. The van der Waals surface area contributed by atoms with Crippen molar-refractivity contribution in [1.29, 1.82) is 0 Å². The van der Waals surface area contributed by atoms with Crippen LogP contribution in [0.25, 0.3) is 0 Å². The second kappa shape index (κ2) is 7.10. The van der Waals surface area contributed by atoms with Crippen LogP contribution in [0.4, 0.5) is 0 Å². The molecule has 1 heterocycles. The molecule has 0 aromatic carbocycles. The Morgan fingerprint density at radius 2 is 2.11 bits per heavy atom. The minimum Gasteiger partial charge on any atom is -0.352 e. The zero-order valence-electron chi connectivity index (χ0n) is 12.3. The molecular formula is C14H29N3O. The van der Waals surface area contributed by atoms with Crippen LogP contribution >= 0.6 is 0 Å². The van der Waals surface area contributed by atoms with Crippen LogP contribution < -0.4 is 11.1 Å². The van der Waals surface area contributed by atoms with E-state index >= 15 is 0 Å². The molecule has 0 aliphatic carbocycles. The number of hydrogen-bond acceptors (Lipinski definition) is 3. The maximum absolute atomic E-state index is 11.9. The van der Waals surface area contributed by atoms with E-state index in [2.05, 4.69) is 37.9 Å². The van der Waals surface area contributed by atoms with Gasteiger partial charge >= 0.3 is 0 Å². The second-order valence-electron chi connectivity index (χ2n) is 6.10. The number of carbonyl (C=O) groups excluding carboxylic acids is 1. The summed E-state index contributed by atoms with van der Waals surface area (Å²) in [6, 6.07) is 0.242. The molecular weight excluding hydrogens is 226 g/mol. The zero-order valence-corrected chi connectivity index (χ0v) is 12.3. The van der Waals surface area contributed by atoms with Gasteiger partial charge in [-0.1, -0.05) is 20.8 Å². The Balaban J connectivity index is 2.36. The lowest BCUT2D eigenvalue weighted by Crippen LogP contribution is -2.48. The van der Waals surface area contributed by atoms with E-state index in [1.807, 2.05) is 0 Å². The summed E-state index contributed by atoms with van der Waals surface area (Å²) in [6.45, 7) is 11.8. The average molecular weight is 255 g/mol. The van der Waals surface area contributed by atoms with Gasteiger partial charge in [-0.3, -0.25) is 9.69 Å². The molecule has 1 aliphatic heterocycles. The average Bonchev–Trinajstić information content (AvgIpc) is 2.31. The molecule has 1 saturated heterocycles. The van der Waals surface area contributed by atoms with E-state index in [-0.39, 0.29) is 11.9 Å². The van der Waals surface area contributed by atoms with E-state index in [0.29, 0.717) is 24.3 Å². The highest BCUT2D eigenvalue weighted by Gasteiger charge is 2.26. The minimum absolute atomic E-state index is 0.140. The van der Waals surface area contributed by atoms with Crippen LogP contribution in [0.3, 0.4) is 0 Å². The summed E-state index contributed by atoms with van der Waals surface area (Å²) in [4.78, 5) is 14.2. The van der Waals surface area contributed by atoms with Gasteiger partial charge in [-0.05, 0) is 44.2 Å². The van der Waals surface area contributed by atoms with Crippen molar-refractivity contribution in [3.8, 4) is 0 Å². The highest BCUT2D eigenvalue weighted by atomic mass is 16.2. The zero-order chi connectivity index (χ0) is 13.7. The molecule has 0 radical (unpaired) electrons. The van der Waals surface area contributed by atoms with Gasteiger partial charge in [0.25, 0.3) is 0 Å². The monoisotopic (exact) mass is 255 g/mol. The van der Waals surface area contributed by atoms with Gasteiger partial charge in [-0.25, -0.2) is 0 Å². The van der Waals surface area contributed by atoms with Crippen molar-refractivity contribution in [3.63, 3.8) is 0 Å². The molecule has 3 unspecified atom stereocenters. The van der Waals surface area contributed by atoms with E-state index in [9.17, 15) is 4.79 Å². The van der Waals surface area contributed by atoms with Crippen molar-refractivity contribution in [2.24, 2.45) is 23.5 Å². The predicted molar refractivity (Wildman–Crippen MR) is 75.2 cm³/mol. The molecule has 1 amide bonds. The van der Waals surface area contributed by atoms with Crippen LogP contribution in [0.1, 0.15) is 34.1 Å². The number of hydrogen-bond donors (Lipinski definition) is 2. The second-order valence-corrected chi connectivity index (χ2v) is 6.10. The van der Waals surface area contributed by atoms with Crippen LogP contribution in [0.15, 0.2) is 0 Å². The number of nitrogens with zero attached hydrogens (tertiary/aromatic N) is 1. The molecule has 106 valence electrons. The molecule has 4 nitrogen and oxygen atoms in total. The Kier molecular flexibility index (Phi) is 6.09. The number of amides is 1. The Labute approximate surface area is 111 Å². The Morgan fingerprint density at radius 3 is 2.67 bits per heavy atom. The molecule has 3 N–H and O–H groups in total. The highest BCUT2D eigenvalue weighted by Crippen LogP contribution is 2.21.